The van der Waals surface area contributed by atoms with E-state index >= 15 is 0 Å². The Kier molecular flexibility index (Phi) is 4.28. The third kappa shape index (κ3) is 2.69. The molecule has 0 aromatic carbocycles. The molecule has 104 valence electrons. The Labute approximate surface area is 110 Å². The first-order valence-electron chi connectivity index (χ1n) is 7.27. The molecule has 2 fully saturated rings. The zero-order chi connectivity index (χ0) is 13.2. The summed E-state index contributed by atoms with van der Waals surface area (Å²) < 4.78 is 0. The van der Waals surface area contributed by atoms with Crippen LogP contribution in [0.3, 0.4) is 0 Å². The van der Waals surface area contributed by atoms with Crippen LogP contribution in [0, 0.1) is 11.3 Å². The molecule has 1 saturated heterocycles. The fourth-order valence-corrected chi connectivity index (χ4v) is 3.47. The van der Waals surface area contributed by atoms with Gasteiger partial charge in [0.2, 0.25) is 5.91 Å². The standard InChI is InChI=1S/C14H27N3O/c1-11-9-17(2)8-5-12(11)16-13(18)14(10-15)6-3-4-7-14/h11-12H,3-10,15H2,1-2H3,(H,16,18). The van der Waals surface area contributed by atoms with E-state index in [1.54, 1.807) is 0 Å². The van der Waals surface area contributed by atoms with E-state index in [4.69, 9.17) is 5.73 Å². The molecular formula is C14H27N3O. The highest BCUT2D eigenvalue weighted by Crippen LogP contribution is 2.37. The van der Waals surface area contributed by atoms with Gasteiger partial charge in [0.25, 0.3) is 0 Å². The summed E-state index contributed by atoms with van der Waals surface area (Å²) in [5.74, 6) is 0.743. The molecule has 2 atom stereocenters. The van der Waals surface area contributed by atoms with Gasteiger partial charge in [0.15, 0.2) is 0 Å². The van der Waals surface area contributed by atoms with Crippen LogP contribution in [0.1, 0.15) is 39.0 Å². The average molecular weight is 253 g/mol. The van der Waals surface area contributed by atoms with Crippen LogP contribution in [0.15, 0.2) is 0 Å². The highest BCUT2D eigenvalue weighted by molar-refractivity contribution is 5.83. The highest BCUT2D eigenvalue weighted by atomic mass is 16.2. The molecular weight excluding hydrogens is 226 g/mol. The molecule has 3 N–H and O–H groups in total. The summed E-state index contributed by atoms with van der Waals surface area (Å²) in [6.45, 7) is 4.87. The topological polar surface area (TPSA) is 58.4 Å². The molecule has 1 aliphatic carbocycles. The van der Waals surface area contributed by atoms with Gasteiger partial charge in [-0.1, -0.05) is 19.8 Å². The maximum Gasteiger partial charge on any atom is 0.227 e. The molecule has 0 aromatic rings. The molecule has 0 radical (unpaired) electrons. The molecule has 1 saturated carbocycles. The predicted octanol–water partition coefficient (Wildman–Crippen LogP) is 0.962. The maximum atomic E-state index is 12.5. The Morgan fingerprint density at radius 1 is 1.44 bits per heavy atom. The fraction of sp³-hybridized carbons (Fsp3) is 0.929. The molecule has 0 aromatic heterocycles. The second-order valence-corrected chi connectivity index (χ2v) is 6.30. The molecule has 4 heteroatoms. The van der Waals surface area contributed by atoms with Crippen LogP contribution in [0.25, 0.3) is 0 Å². The van der Waals surface area contributed by atoms with E-state index in [1.807, 2.05) is 0 Å². The first-order valence-corrected chi connectivity index (χ1v) is 7.27. The lowest BCUT2D eigenvalue weighted by atomic mass is 9.84. The molecule has 1 amide bonds. The third-order valence-electron chi connectivity index (χ3n) is 4.86. The molecule has 2 aliphatic rings. The van der Waals surface area contributed by atoms with Gasteiger partial charge in [0, 0.05) is 19.1 Å². The minimum Gasteiger partial charge on any atom is -0.352 e. The second kappa shape index (κ2) is 5.57. The Morgan fingerprint density at radius 2 is 2.11 bits per heavy atom. The monoisotopic (exact) mass is 253 g/mol. The lowest BCUT2D eigenvalue weighted by Crippen LogP contribution is -2.53. The van der Waals surface area contributed by atoms with Crippen molar-refractivity contribution in [3.05, 3.63) is 0 Å². The van der Waals surface area contributed by atoms with Crippen LogP contribution < -0.4 is 11.1 Å². The number of piperidine rings is 1. The molecule has 2 unspecified atom stereocenters. The van der Waals surface area contributed by atoms with Crippen molar-refractivity contribution in [1.82, 2.24) is 10.2 Å². The number of nitrogens with two attached hydrogens (primary N) is 1. The van der Waals surface area contributed by atoms with E-state index in [0.717, 1.165) is 45.2 Å². The summed E-state index contributed by atoms with van der Waals surface area (Å²) in [5, 5.41) is 3.28. The van der Waals surface area contributed by atoms with E-state index in [1.165, 1.54) is 0 Å². The van der Waals surface area contributed by atoms with Crippen LogP contribution in [0.2, 0.25) is 0 Å². The molecule has 1 heterocycles. The largest absolute Gasteiger partial charge is 0.352 e. The summed E-state index contributed by atoms with van der Waals surface area (Å²) in [6.07, 6.45) is 5.29. The number of carbonyl (C=O) groups is 1. The summed E-state index contributed by atoms with van der Waals surface area (Å²) >= 11 is 0. The van der Waals surface area contributed by atoms with Gasteiger partial charge in [-0.15, -0.1) is 0 Å². The highest BCUT2D eigenvalue weighted by Gasteiger charge is 2.41. The second-order valence-electron chi connectivity index (χ2n) is 6.30. The quantitative estimate of drug-likeness (QED) is 0.788. The van der Waals surface area contributed by atoms with Gasteiger partial charge < -0.3 is 16.0 Å². The van der Waals surface area contributed by atoms with Gasteiger partial charge in [0.05, 0.1) is 5.41 Å². The van der Waals surface area contributed by atoms with E-state index in [9.17, 15) is 4.79 Å². The predicted molar refractivity (Wildman–Crippen MR) is 73.2 cm³/mol. The minimum absolute atomic E-state index is 0.212. The van der Waals surface area contributed by atoms with Crippen molar-refractivity contribution >= 4 is 5.91 Å². The van der Waals surface area contributed by atoms with E-state index in [-0.39, 0.29) is 11.3 Å². The van der Waals surface area contributed by atoms with Gasteiger partial charge in [0.1, 0.15) is 0 Å². The maximum absolute atomic E-state index is 12.5. The van der Waals surface area contributed by atoms with Crippen LogP contribution >= 0.6 is 0 Å². The average Bonchev–Trinajstić information content (AvgIpc) is 2.82. The van der Waals surface area contributed by atoms with Crippen molar-refractivity contribution in [2.24, 2.45) is 17.1 Å². The number of carbonyl (C=O) groups excluding carboxylic acids is 1. The first-order chi connectivity index (χ1) is 8.57. The zero-order valence-corrected chi connectivity index (χ0v) is 11.7. The number of hydrogen-bond donors (Lipinski definition) is 2. The zero-order valence-electron chi connectivity index (χ0n) is 11.7. The van der Waals surface area contributed by atoms with Crippen LogP contribution in [-0.2, 0) is 4.79 Å². The molecule has 0 bridgehead atoms. The normalized spacial score (nSPS) is 32.4. The Morgan fingerprint density at radius 3 is 2.67 bits per heavy atom. The number of nitrogens with zero attached hydrogens (tertiary/aromatic N) is 1. The Bertz CT molecular complexity index is 299. The summed E-state index contributed by atoms with van der Waals surface area (Å²) in [7, 11) is 2.15. The Hall–Kier alpha value is -0.610. The third-order valence-corrected chi connectivity index (χ3v) is 4.86. The lowest BCUT2D eigenvalue weighted by molar-refractivity contribution is -0.131. The molecule has 4 nitrogen and oxygen atoms in total. The van der Waals surface area contributed by atoms with Crippen LogP contribution in [-0.4, -0.2) is 43.5 Å². The number of hydrogen-bond acceptors (Lipinski definition) is 3. The van der Waals surface area contributed by atoms with Gasteiger partial charge >= 0.3 is 0 Å². The summed E-state index contributed by atoms with van der Waals surface area (Å²) in [6, 6.07) is 0.331. The molecule has 18 heavy (non-hydrogen) atoms. The van der Waals surface area contributed by atoms with Gasteiger partial charge in [-0.2, -0.15) is 0 Å². The van der Waals surface area contributed by atoms with E-state index in [0.29, 0.717) is 18.5 Å². The smallest absolute Gasteiger partial charge is 0.227 e. The molecule has 0 spiro atoms. The van der Waals surface area contributed by atoms with E-state index in [2.05, 4.69) is 24.2 Å². The fourth-order valence-electron chi connectivity index (χ4n) is 3.47. The minimum atomic E-state index is -0.261. The number of nitrogens with one attached hydrogen (secondary N) is 1. The van der Waals surface area contributed by atoms with Crippen molar-refractivity contribution < 1.29 is 4.79 Å². The summed E-state index contributed by atoms with van der Waals surface area (Å²) in [4.78, 5) is 14.8. The number of rotatable bonds is 3. The van der Waals surface area contributed by atoms with Crippen molar-refractivity contribution in [2.75, 3.05) is 26.7 Å². The number of likely N-dealkylation sites (tertiary alicyclic amines) is 1. The first kappa shape index (κ1) is 13.8. The van der Waals surface area contributed by atoms with Gasteiger partial charge in [-0.3, -0.25) is 4.79 Å². The van der Waals surface area contributed by atoms with Gasteiger partial charge in [-0.05, 0) is 38.8 Å². The van der Waals surface area contributed by atoms with Crippen molar-refractivity contribution in [2.45, 2.75) is 45.1 Å². The van der Waals surface area contributed by atoms with Crippen molar-refractivity contribution in [3.63, 3.8) is 0 Å². The lowest BCUT2D eigenvalue weighted by Gasteiger charge is -2.37. The number of amides is 1. The Balaban J connectivity index is 1.94. The van der Waals surface area contributed by atoms with Crippen molar-refractivity contribution in [1.29, 1.82) is 0 Å². The summed E-state index contributed by atoms with van der Waals surface area (Å²) in [5.41, 5.74) is 5.60. The van der Waals surface area contributed by atoms with Crippen molar-refractivity contribution in [3.8, 4) is 0 Å². The SMILES string of the molecule is CC1CN(C)CCC1NC(=O)C1(CN)CCCC1. The molecule has 1 aliphatic heterocycles. The van der Waals surface area contributed by atoms with Crippen LogP contribution in [0.4, 0.5) is 0 Å². The van der Waals surface area contributed by atoms with E-state index < -0.39 is 0 Å². The van der Waals surface area contributed by atoms with Gasteiger partial charge in [-0.25, -0.2) is 0 Å². The van der Waals surface area contributed by atoms with Crippen LogP contribution in [0.5, 0.6) is 0 Å². The molecule has 2 rings (SSSR count).